The third-order valence-electron chi connectivity index (χ3n) is 4.43. The molecule has 27 heavy (non-hydrogen) atoms. The Bertz CT molecular complexity index is 628. The standard InChI is InChI=1S/C24H35NO2/c1-8-14-21(23(26)27-24(5,6)7)22(15-9-2)25(18-10-3)19(4)20-16-12-11-13-17-20/h8-13,15-17,19,21-22H,1,3,14,18H2,2,4-7H3/b15-9+/t19-,21?,22-/m0/s1. The maximum absolute atomic E-state index is 13.0. The van der Waals surface area contributed by atoms with Crippen molar-refractivity contribution in [3.8, 4) is 0 Å². The fraction of sp³-hybridized carbons (Fsp3) is 0.458. The largest absolute Gasteiger partial charge is 0.460 e. The Morgan fingerprint density at radius 2 is 1.81 bits per heavy atom. The summed E-state index contributed by atoms with van der Waals surface area (Å²) in [6.07, 6.45) is 8.32. The van der Waals surface area contributed by atoms with Crippen molar-refractivity contribution in [2.75, 3.05) is 6.54 Å². The highest BCUT2D eigenvalue weighted by Crippen LogP contribution is 2.29. The number of nitrogens with zero attached hydrogens (tertiary/aromatic N) is 1. The molecule has 3 atom stereocenters. The van der Waals surface area contributed by atoms with Crippen LogP contribution in [0.2, 0.25) is 0 Å². The number of carbonyl (C=O) groups is 1. The molecule has 0 bridgehead atoms. The minimum atomic E-state index is -0.523. The molecule has 3 nitrogen and oxygen atoms in total. The van der Waals surface area contributed by atoms with E-state index in [0.29, 0.717) is 13.0 Å². The molecule has 0 heterocycles. The van der Waals surface area contributed by atoms with Crippen LogP contribution in [0.5, 0.6) is 0 Å². The van der Waals surface area contributed by atoms with E-state index in [4.69, 9.17) is 4.74 Å². The highest BCUT2D eigenvalue weighted by atomic mass is 16.6. The highest BCUT2D eigenvalue weighted by Gasteiger charge is 2.35. The normalized spacial score (nSPS) is 15.3. The minimum absolute atomic E-state index is 0.115. The Morgan fingerprint density at radius 1 is 1.19 bits per heavy atom. The van der Waals surface area contributed by atoms with Gasteiger partial charge in [0.15, 0.2) is 0 Å². The molecule has 0 aliphatic heterocycles. The molecule has 1 aromatic rings. The number of ether oxygens (including phenoxy) is 1. The summed E-state index contributed by atoms with van der Waals surface area (Å²) in [7, 11) is 0. The van der Waals surface area contributed by atoms with E-state index < -0.39 is 5.60 Å². The fourth-order valence-corrected chi connectivity index (χ4v) is 3.22. The lowest BCUT2D eigenvalue weighted by molar-refractivity contribution is -0.162. The van der Waals surface area contributed by atoms with Gasteiger partial charge in [-0.25, -0.2) is 0 Å². The maximum Gasteiger partial charge on any atom is 0.311 e. The van der Waals surface area contributed by atoms with Crippen molar-refractivity contribution in [3.05, 3.63) is 73.4 Å². The lowest BCUT2D eigenvalue weighted by atomic mass is 9.91. The Kier molecular flexibility index (Phi) is 9.23. The van der Waals surface area contributed by atoms with Crippen molar-refractivity contribution in [2.24, 2.45) is 5.92 Å². The molecule has 148 valence electrons. The first-order valence-corrected chi connectivity index (χ1v) is 9.63. The number of hydrogen-bond donors (Lipinski definition) is 0. The summed E-state index contributed by atoms with van der Waals surface area (Å²) in [5.41, 5.74) is 0.682. The number of hydrogen-bond acceptors (Lipinski definition) is 3. The second-order valence-electron chi connectivity index (χ2n) is 7.75. The summed E-state index contributed by atoms with van der Waals surface area (Å²) in [6.45, 7) is 18.3. The molecular formula is C24H35NO2. The van der Waals surface area contributed by atoms with E-state index in [2.05, 4.69) is 43.2 Å². The Morgan fingerprint density at radius 3 is 2.30 bits per heavy atom. The molecule has 0 amide bonds. The van der Waals surface area contributed by atoms with E-state index in [0.717, 1.165) is 0 Å². The van der Waals surface area contributed by atoms with Crippen LogP contribution in [0, 0.1) is 5.92 Å². The average molecular weight is 370 g/mol. The topological polar surface area (TPSA) is 29.5 Å². The second-order valence-corrected chi connectivity index (χ2v) is 7.75. The van der Waals surface area contributed by atoms with E-state index in [-0.39, 0.29) is 24.0 Å². The van der Waals surface area contributed by atoms with Crippen LogP contribution in [0.25, 0.3) is 0 Å². The van der Waals surface area contributed by atoms with Gasteiger partial charge in [0, 0.05) is 18.6 Å². The predicted octanol–water partition coefficient (Wildman–Crippen LogP) is 5.71. The first-order valence-electron chi connectivity index (χ1n) is 9.63. The van der Waals surface area contributed by atoms with Gasteiger partial charge in [-0.15, -0.1) is 13.2 Å². The lowest BCUT2D eigenvalue weighted by Crippen LogP contribution is -2.45. The number of carbonyl (C=O) groups excluding carboxylic acids is 1. The molecule has 0 aromatic heterocycles. The van der Waals surface area contributed by atoms with E-state index in [9.17, 15) is 4.79 Å². The third kappa shape index (κ3) is 7.18. The monoisotopic (exact) mass is 369 g/mol. The van der Waals surface area contributed by atoms with Gasteiger partial charge in [-0.1, -0.05) is 54.6 Å². The van der Waals surface area contributed by atoms with Crippen LogP contribution in [0.15, 0.2) is 67.8 Å². The van der Waals surface area contributed by atoms with Crippen LogP contribution in [0.4, 0.5) is 0 Å². The van der Waals surface area contributed by atoms with Gasteiger partial charge in [-0.05, 0) is 46.6 Å². The SMILES string of the molecule is C=CCC(C(=O)OC(C)(C)C)[C@H](/C=C/C)N(CC=C)[C@@H](C)c1ccccc1. The number of esters is 1. The summed E-state index contributed by atoms with van der Waals surface area (Å²) in [4.78, 5) is 15.3. The molecular weight excluding hydrogens is 334 g/mol. The van der Waals surface area contributed by atoms with Gasteiger partial charge in [0.1, 0.15) is 5.60 Å². The molecule has 1 aromatic carbocycles. The van der Waals surface area contributed by atoms with Gasteiger partial charge in [0.2, 0.25) is 0 Å². The number of allylic oxidation sites excluding steroid dienone is 2. The molecule has 0 spiro atoms. The zero-order valence-corrected chi connectivity index (χ0v) is 17.5. The van der Waals surface area contributed by atoms with Crippen LogP contribution < -0.4 is 0 Å². The molecule has 0 saturated heterocycles. The second kappa shape index (κ2) is 10.9. The van der Waals surface area contributed by atoms with Crippen molar-refractivity contribution >= 4 is 5.97 Å². The fourth-order valence-electron chi connectivity index (χ4n) is 3.22. The third-order valence-corrected chi connectivity index (χ3v) is 4.43. The quantitative estimate of drug-likeness (QED) is 0.390. The first-order chi connectivity index (χ1) is 12.7. The van der Waals surface area contributed by atoms with Crippen LogP contribution in [0.3, 0.4) is 0 Å². The molecule has 1 unspecified atom stereocenters. The van der Waals surface area contributed by atoms with Crippen molar-refractivity contribution in [1.29, 1.82) is 0 Å². The Hall–Kier alpha value is -2.13. The molecule has 0 aliphatic carbocycles. The smallest absolute Gasteiger partial charge is 0.311 e. The van der Waals surface area contributed by atoms with Gasteiger partial charge in [-0.2, -0.15) is 0 Å². The van der Waals surface area contributed by atoms with Crippen molar-refractivity contribution in [3.63, 3.8) is 0 Å². The molecule has 1 rings (SSSR count). The first kappa shape index (κ1) is 22.9. The van der Waals surface area contributed by atoms with Crippen LogP contribution in [-0.2, 0) is 9.53 Å². The molecule has 0 N–H and O–H groups in total. The molecule has 0 radical (unpaired) electrons. The van der Waals surface area contributed by atoms with Gasteiger partial charge in [0.05, 0.1) is 5.92 Å². The van der Waals surface area contributed by atoms with E-state index in [1.165, 1.54) is 5.56 Å². The highest BCUT2D eigenvalue weighted by molar-refractivity contribution is 5.74. The zero-order valence-electron chi connectivity index (χ0n) is 17.5. The van der Waals surface area contributed by atoms with Crippen LogP contribution >= 0.6 is 0 Å². The number of benzene rings is 1. The Balaban J connectivity index is 3.29. The van der Waals surface area contributed by atoms with Crippen LogP contribution in [-0.4, -0.2) is 29.1 Å². The average Bonchev–Trinajstić information content (AvgIpc) is 2.61. The maximum atomic E-state index is 13.0. The zero-order chi connectivity index (χ0) is 20.4. The van der Waals surface area contributed by atoms with Gasteiger partial charge >= 0.3 is 5.97 Å². The minimum Gasteiger partial charge on any atom is -0.460 e. The van der Waals surface area contributed by atoms with Gasteiger partial charge < -0.3 is 4.74 Å². The predicted molar refractivity (Wildman–Crippen MR) is 115 cm³/mol. The van der Waals surface area contributed by atoms with Crippen molar-refractivity contribution in [2.45, 2.75) is 58.7 Å². The van der Waals surface area contributed by atoms with Crippen LogP contribution in [0.1, 0.15) is 52.6 Å². The summed E-state index contributed by atoms with van der Waals surface area (Å²) in [5.74, 6) is -0.524. The summed E-state index contributed by atoms with van der Waals surface area (Å²) < 4.78 is 5.72. The van der Waals surface area contributed by atoms with Gasteiger partial charge in [-0.3, -0.25) is 9.69 Å². The van der Waals surface area contributed by atoms with E-state index in [1.54, 1.807) is 6.08 Å². The number of rotatable bonds is 10. The summed E-state index contributed by atoms with van der Waals surface area (Å²) >= 11 is 0. The molecule has 0 aliphatic rings. The Labute approximate surface area is 165 Å². The van der Waals surface area contributed by atoms with Crippen molar-refractivity contribution < 1.29 is 9.53 Å². The molecule has 0 fully saturated rings. The van der Waals surface area contributed by atoms with E-state index >= 15 is 0 Å². The van der Waals surface area contributed by atoms with Crippen molar-refractivity contribution in [1.82, 2.24) is 4.90 Å². The molecule has 0 saturated carbocycles. The molecule has 3 heteroatoms. The lowest BCUT2D eigenvalue weighted by Gasteiger charge is -2.38. The van der Waals surface area contributed by atoms with E-state index in [1.807, 2.05) is 58.0 Å². The summed E-state index contributed by atoms with van der Waals surface area (Å²) in [5, 5.41) is 0. The van der Waals surface area contributed by atoms with Gasteiger partial charge in [0.25, 0.3) is 0 Å². The summed E-state index contributed by atoms with van der Waals surface area (Å²) in [6, 6.07) is 10.3.